The molecule has 0 spiro atoms. The third-order valence-electron chi connectivity index (χ3n) is 4.83. The van der Waals surface area contributed by atoms with Gasteiger partial charge >= 0.3 is 5.97 Å². The fraction of sp³-hybridized carbons (Fsp3) is 0.964. The van der Waals surface area contributed by atoms with Crippen LogP contribution in [0.25, 0.3) is 0 Å². The van der Waals surface area contributed by atoms with E-state index in [4.69, 9.17) is 61.6 Å². The average molecular weight is 617 g/mol. The van der Waals surface area contributed by atoms with Gasteiger partial charge in [0.25, 0.3) is 0 Å². The lowest BCUT2D eigenvalue weighted by atomic mass is 10.6. The standard InChI is InChI=1S/C28H56O14/c1-3-30-4-5-31-6-7-32-8-9-33-10-11-34-12-13-35-14-15-36-16-17-37-18-19-38-20-21-39-22-23-40-24-25-41-26-27-42-28(2)29/h3-27H2,1-2H3. The van der Waals surface area contributed by atoms with E-state index in [1.807, 2.05) is 6.92 Å². The highest BCUT2D eigenvalue weighted by molar-refractivity contribution is 5.65. The Labute approximate surface area is 251 Å². The predicted octanol–water partition coefficient (Wildman–Crippen LogP) is 0.769. The second-order valence-corrected chi connectivity index (χ2v) is 8.27. The first-order chi connectivity index (χ1) is 20.8. The molecule has 0 saturated carbocycles. The number of esters is 1. The van der Waals surface area contributed by atoms with Crippen molar-refractivity contribution in [3.05, 3.63) is 0 Å². The van der Waals surface area contributed by atoms with Gasteiger partial charge in [-0.05, 0) is 6.92 Å². The van der Waals surface area contributed by atoms with Crippen molar-refractivity contribution in [1.29, 1.82) is 0 Å². The van der Waals surface area contributed by atoms with E-state index in [-0.39, 0.29) is 12.6 Å². The van der Waals surface area contributed by atoms with Gasteiger partial charge in [0.15, 0.2) is 0 Å². The maximum absolute atomic E-state index is 10.6. The third-order valence-corrected chi connectivity index (χ3v) is 4.83. The summed E-state index contributed by atoms with van der Waals surface area (Å²) < 4.78 is 69.4. The Balaban J connectivity index is 3.03. The molecule has 42 heavy (non-hydrogen) atoms. The van der Waals surface area contributed by atoms with E-state index in [1.54, 1.807) is 0 Å². The predicted molar refractivity (Wildman–Crippen MR) is 152 cm³/mol. The maximum atomic E-state index is 10.6. The van der Waals surface area contributed by atoms with Crippen LogP contribution in [0, 0.1) is 0 Å². The molecule has 0 amide bonds. The van der Waals surface area contributed by atoms with E-state index in [9.17, 15) is 4.79 Å². The van der Waals surface area contributed by atoms with Gasteiger partial charge in [0.05, 0.1) is 152 Å². The molecule has 0 rings (SSSR count). The van der Waals surface area contributed by atoms with Crippen LogP contribution in [-0.2, 0) is 66.4 Å². The molecule has 0 unspecified atom stereocenters. The number of ether oxygens (including phenoxy) is 13. The first-order valence-corrected chi connectivity index (χ1v) is 14.8. The Kier molecular flexibility index (Phi) is 37.1. The van der Waals surface area contributed by atoms with Crippen LogP contribution in [-0.4, -0.2) is 171 Å². The summed E-state index contributed by atoms with van der Waals surface area (Å²) >= 11 is 0. The Morgan fingerprint density at radius 2 is 0.476 bits per heavy atom. The topological polar surface area (TPSA) is 137 Å². The van der Waals surface area contributed by atoms with Gasteiger partial charge in [-0.15, -0.1) is 0 Å². The van der Waals surface area contributed by atoms with Gasteiger partial charge in [0.1, 0.15) is 6.61 Å². The molecule has 0 aliphatic heterocycles. The van der Waals surface area contributed by atoms with Crippen LogP contribution in [0.4, 0.5) is 0 Å². The molecule has 14 heteroatoms. The Morgan fingerprint density at radius 1 is 0.310 bits per heavy atom. The zero-order valence-electron chi connectivity index (χ0n) is 25.9. The summed E-state index contributed by atoms with van der Waals surface area (Å²) in [5.41, 5.74) is 0. The zero-order valence-corrected chi connectivity index (χ0v) is 25.9. The van der Waals surface area contributed by atoms with Crippen LogP contribution in [0.15, 0.2) is 0 Å². The molecule has 0 N–H and O–H groups in total. The fourth-order valence-corrected chi connectivity index (χ4v) is 2.81. The second-order valence-electron chi connectivity index (χ2n) is 8.27. The molecule has 0 fully saturated rings. The van der Waals surface area contributed by atoms with Gasteiger partial charge in [-0.3, -0.25) is 4.79 Å². The first kappa shape index (κ1) is 41.0. The summed E-state index contributed by atoms with van der Waals surface area (Å²) in [5, 5.41) is 0. The normalized spacial score (nSPS) is 11.4. The zero-order chi connectivity index (χ0) is 30.4. The minimum absolute atomic E-state index is 0.258. The first-order valence-electron chi connectivity index (χ1n) is 14.8. The quantitative estimate of drug-likeness (QED) is 0.0718. The molecule has 0 aromatic heterocycles. The van der Waals surface area contributed by atoms with Crippen molar-refractivity contribution < 1.29 is 66.4 Å². The van der Waals surface area contributed by atoms with Crippen LogP contribution < -0.4 is 0 Å². The molecule has 0 radical (unpaired) electrons. The average Bonchev–Trinajstić information content (AvgIpc) is 2.98. The molecule has 0 atom stereocenters. The monoisotopic (exact) mass is 616 g/mol. The number of hydrogen-bond acceptors (Lipinski definition) is 14. The SMILES string of the molecule is CCOCCOCCOCCOCCOCCOCCOCCOCCOCCOCCOCCOCCOC(C)=O. The summed E-state index contributed by atoms with van der Waals surface area (Å²) in [4.78, 5) is 10.6. The highest BCUT2D eigenvalue weighted by atomic mass is 16.6. The number of carbonyl (C=O) groups excluding carboxylic acids is 1. The van der Waals surface area contributed by atoms with Gasteiger partial charge in [-0.25, -0.2) is 0 Å². The van der Waals surface area contributed by atoms with Gasteiger partial charge in [-0.1, -0.05) is 0 Å². The highest BCUT2D eigenvalue weighted by Crippen LogP contribution is 1.87. The Morgan fingerprint density at radius 3 is 0.643 bits per heavy atom. The summed E-state index contributed by atoms with van der Waals surface area (Å²) in [5.74, 6) is -0.311. The molecular weight excluding hydrogens is 560 g/mol. The maximum Gasteiger partial charge on any atom is 0.302 e. The highest BCUT2D eigenvalue weighted by Gasteiger charge is 1.97. The summed E-state index contributed by atoms with van der Waals surface area (Å²) in [6, 6.07) is 0. The van der Waals surface area contributed by atoms with E-state index in [2.05, 4.69) is 0 Å². The van der Waals surface area contributed by atoms with Crippen LogP contribution in [0.2, 0.25) is 0 Å². The summed E-state index contributed by atoms with van der Waals surface area (Å²) in [6.45, 7) is 16.0. The van der Waals surface area contributed by atoms with Crippen molar-refractivity contribution >= 4 is 5.97 Å². The second kappa shape index (κ2) is 38.0. The van der Waals surface area contributed by atoms with Crippen molar-refractivity contribution in [2.45, 2.75) is 13.8 Å². The number of hydrogen-bond donors (Lipinski definition) is 0. The molecule has 0 heterocycles. The van der Waals surface area contributed by atoms with Gasteiger partial charge in [0.2, 0.25) is 0 Å². The molecule has 0 aliphatic rings. The van der Waals surface area contributed by atoms with Crippen molar-refractivity contribution in [3.8, 4) is 0 Å². The van der Waals surface area contributed by atoms with Crippen LogP contribution in [0.5, 0.6) is 0 Å². The van der Waals surface area contributed by atoms with Crippen molar-refractivity contribution in [2.24, 2.45) is 0 Å². The van der Waals surface area contributed by atoms with E-state index in [1.165, 1.54) is 6.92 Å². The lowest BCUT2D eigenvalue weighted by Gasteiger charge is -2.09. The molecule has 0 aromatic rings. The van der Waals surface area contributed by atoms with Crippen LogP contribution in [0.1, 0.15) is 13.8 Å². The molecule has 0 aromatic carbocycles. The molecule has 0 saturated heterocycles. The van der Waals surface area contributed by atoms with Gasteiger partial charge < -0.3 is 61.6 Å². The van der Waals surface area contributed by atoms with Crippen LogP contribution in [0.3, 0.4) is 0 Å². The Bertz CT molecular complexity index is 515. The minimum Gasteiger partial charge on any atom is -0.463 e. The van der Waals surface area contributed by atoms with Crippen molar-refractivity contribution in [1.82, 2.24) is 0 Å². The summed E-state index contributed by atoms with van der Waals surface area (Å²) in [6.07, 6.45) is 0. The number of rotatable bonds is 37. The summed E-state index contributed by atoms with van der Waals surface area (Å²) in [7, 11) is 0. The molecule has 0 bridgehead atoms. The lowest BCUT2D eigenvalue weighted by Crippen LogP contribution is -2.15. The minimum atomic E-state index is -0.311. The van der Waals surface area contributed by atoms with Gasteiger partial charge in [0, 0.05) is 13.5 Å². The number of carbonyl (C=O) groups is 1. The Hall–Kier alpha value is -1.01. The fourth-order valence-electron chi connectivity index (χ4n) is 2.81. The van der Waals surface area contributed by atoms with Gasteiger partial charge in [-0.2, -0.15) is 0 Å². The molecular formula is C28H56O14. The largest absolute Gasteiger partial charge is 0.463 e. The van der Waals surface area contributed by atoms with E-state index in [0.29, 0.717) is 159 Å². The lowest BCUT2D eigenvalue weighted by molar-refractivity contribution is -0.142. The smallest absolute Gasteiger partial charge is 0.302 e. The third kappa shape index (κ3) is 39.0. The van der Waals surface area contributed by atoms with E-state index in [0.717, 1.165) is 0 Å². The van der Waals surface area contributed by atoms with E-state index >= 15 is 0 Å². The van der Waals surface area contributed by atoms with Crippen LogP contribution >= 0.6 is 0 Å². The van der Waals surface area contributed by atoms with Crippen molar-refractivity contribution in [3.63, 3.8) is 0 Å². The van der Waals surface area contributed by atoms with E-state index < -0.39 is 0 Å². The molecule has 252 valence electrons. The molecule has 0 aliphatic carbocycles. The van der Waals surface area contributed by atoms with Crippen molar-refractivity contribution in [2.75, 3.05) is 165 Å². The molecule has 14 nitrogen and oxygen atoms in total.